The van der Waals surface area contributed by atoms with Crippen molar-refractivity contribution in [3.8, 4) is 0 Å². The van der Waals surface area contributed by atoms with Crippen LogP contribution in [0.25, 0.3) is 0 Å². The normalized spacial score (nSPS) is 26.0. The van der Waals surface area contributed by atoms with Crippen LogP contribution in [-0.2, 0) is 14.3 Å². The topological polar surface area (TPSA) is 55.4 Å². The Hall–Kier alpha value is -1.88. The largest absolute Gasteiger partial charge is 0.462 e. The summed E-state index contributed by atoms with van der Waals surface area (Å²) in [5.41, 5.74) is 3.26. The second-order valence-electron chi connectivity index (χ2n) is 7.67. The fraction of sp³-hybridized carbons (Fsp3) is 0.455. The van der Waals surface area contributed by atoms with Gasteiger partial charge in [-0.15, -0.1) is 0 Å². The smallest absolute Gasteiger partial charge is 0.316 e. The van der Waals surface area contributed by atoms with E-state index in [9.17, 15) is 9.59 Å². The van der Waals surface area contributed by atoms with Crippen molar-refractivity contribution in [1.82, 2.24) is 5.32 Å². The van der Waals surface area contributed by atoms with E-state index in [-0.39, 0.29) is 23.8 Å². The van der Waals surface area contributed by atoms with Crippen molar-refractivity contribution >= 4 is 27.7 Å². The Morgan fingerprint density at radius 1 is 1.11 bits per heavy atom. The highest BCUT2D eigenvalue weighted by atomic mass is 79.9. The van der Waals surface area contributed by atoms with Crippen LogP contribution >= 0.6 is 15.9 Å². The summed E-state index contributed by atoms with van der Waals surface area (Å²) in [6.45, 7) is 4.13. The Labute approximate surface area is 168 Å². The fourth-order valence-corrected chi connectivity index (χ4v) is 4.81. The zero-order valence-electron chi connectivity index (χ0n) is 15.3. The van der Waals surface area contributed by atoms with Crippen molar-refractivity contribution < 1.29 is 14.3 Å². The Bertz CT molecular complexity index is 805. The molecule has 2 aliphatic carbocycles. The molecular weight excluding hydrogens is 406 g/mol. The molecule has 4 nitrogen and oxygen atoms in total. The van der Waals surface area contributed by atoms with Gasteiger partial charge in [-0.25, -0.2) is 0 Å². The summed E-state index contributed by atoms with van der Waals surface area (Å²) in [5.74, 6) is -1.05. The zero-order chi connectivity index (χ0) is 19.0. The molecule has 1 aromatic carbocycles. The Kier molecular flexibility index (Phi) is 5.22. The molecule has 0 aromatic heterocycles. The molecule has 1 fully saturated rings. The first-order chi connectivity index (χ1) is 13.0. The quantitative estimate of drug-likeness (QED) is 0.703. The van der Waals surface area contributed by atoms with Gasteiger partial charge in [0.1, 0.15) is 12.0 Å². The molecule has 1 N–H and O–H groups in total. The minimum Gasteiger partial charge on any atom is -0.462 e. The van der Waals surface area contributed by atoms with Gasteiger partial charge in [-0.05, 0) is 56.2 Å². The fourth-order valence-electron chi connectivity index (χ4n) is 4.55. The third kappa shape index (κ3) is 3.62. The SMILES string of the molecule is C=C1NC2=C(C(=O)CCC2)C(c2ccc(Br)cc2)C1C(=O)OC1CCCC1. The van der Waals surface area contributed by atoms with Crippen molar-refractivity contribution in [2.45, 2.75) is 57.0 Å². The molecule has 2 unspecified atom stereocenters. The second-order valence-corrected chi connectivity index (χ2v) is 8.59. The molecule has 1 heterocycles. The summed E-state index contributed by atoms with van der Waals surface area (Å²) in [7, 11) is 0. The van der Waals surface area contributed by atoms with Gasteiger partial charge < -0.3 is 10.1 Å². The second kappa shape index (κ2) is 7.63. The van der Waals surface area contributed by atoms with E-state index in [0.29, 0.717) is 12.1 Å². The molecule has 2 atom stereocenters. The molecule has 0 amide bonds. The van der Waals surface area contributed by atoms with E-state index < -0.39 is 5.92 Å². The lowest BCUT2D eigenvalue weighted by Gasteiger charge is -2.38. The van der Waals surface area contributed by atoms with E-state index in [1.54, 1.807) is 0 Å². The monoisotopic (exact) mass is 429 g/mol. The lowest BCUT2D eigenvalue weighted by Crippen LogP contribution is -2.41. The molecule has 142 valence electrons. The predicted octanol–water partition coefficient (Wildman–Crippen LogP) is 4.76. The number of Topliss-reactive ketones (excluding diaryl/α,β-unsaturated/α-hetero) is 1. The van der Waals surface area contributed by atoms with E-state index in [1.165, 1.54) is 0 Å². The number of hydrogen-bond donors (Lipinski definition) is 1. The Morgan fingerprint density at radius 2 is 1.81 bits per heavy atom. The van der Waals surface area contributed by atoms with Crippen LogP contribution in [0, 0.1) is 5.92 Å². The van der Waals surface area contributed by atoms with E-state index in [0.717, 1.165) is 59.8 Å². The highest BCUT2D eigenvalue weighted by molar-refractivity contribution is 9.10. The van der Waals surface area contributed by atoms with Gasteiger partial charge in [-0.2, -0.15) is 0 Å². The van der Waals surface area contributed by atoms with Gasteiger partial charge >= 0.3 is 5.97 Å². The molecule has 0 saturated heterocycles. The van der Waals surface area contributed by atoms with Crippen molar-refractivity contribution in [3.05, 3.63) is 57.8 Å². The third-order valence-electron chi connectivity index (χ3n) is 5.86. The summed E-state index contributed by atoms with van der Waals surface area (Å²) in [5, 5.41) is 3.27. The van der Waals surface area contributed by atoms with Gasteiger partial charge in [-0.1, -0.05) is 34.6 Å². The van der Waals surface area contributed by atoms with Crippen LogP contribution in [0.1, 0.15) is 56.4 Å². The summed E-state index contributed by atoms with van der Waals surface area (Å²) in [6, 6.07) is 7.87. The number of carbonyl (C=O) groups excluding carboxylic acids is 2. The lowest BCUT2D eigenvalue weighted by atomic mass is 9.71. The molecule has 1 saturated carbocycles. The van der Waals surface area contributed by atoms with Gasteiger partial charge in [0.15, 0.2) is 5.78 Å². The first kappa shape index (κ1) is 18.5. The number of esters is 1. The van der Waals surface area contributed by atoms with Gasteiger partial charge in [0.25, 0.3) is 0 Å². The predicted molar refractivity (Wildman–Crippen MR) is 107 cm³/mol. The van der Waals surface area contributed by atoms with Crippen LogP contribution in [0.15, 0.2) is 52.3 Å². The highest BCUT2D eigenvalue weighted by Gasteiger charge is 2.44. The molecule has 3 aliphatic rings. The Balaban J connectivity index is 1.74. The average Bonchev–Trinajstić information content (AvgIpc) is 3.14. The number of carbonyl (C=O) groups is 2. The number of benzene rings is 1. The van der Waals surface area contributed by atoms with Crippen molar-refractivity contribution in [2.75, 3.05) is 0 Å². The number of ketones is 1. The molecule has 1 aromatic rings. The van der Waals surface area contributed by atoms with Gasteiger partial charge in [-0.3, -0.25) is 9.59 Å². The molecule has 27 heavy (non-hydrogen) atoms. The summed E-state index contributed by atoms with van der Waals surface area (Å²) in [6.07, 6.45) is 6.23. The van der Waals surface area contributed by atoms with Crippen molar-refractivity contribution in [3.63, 3.8) is 0 Å². The summed E-state index contributed by atoms with van der Waals surface area (Å²) < 4.78 is 6.79. The molecule has 1 aliphatic heterocycles. The summed E-state index contributed by atoms with van der Waals surface area (Å²) in [4.78, 5) is 25.9. The minimum absolute atomic E-state index is 0.00620. The van der Waals surface area contributed by atoms with Crippen LogP contribution < -0.4 is 5.32 Å². The molecule has 0 bridgehead atoms. The van der Waals surface area contributed by atoms with Gasteiger partial charge in [0.05, 0.1) is 0 Å². The first-order valence-corrected chi connectivity index (χ1v) is 10.5. The van der Waals surface area contributed by atoms with E-state index in [1.807, 2.05) is 24.3 Å². The number of nitrogens with one attached hydrogen (secondary N) is 1. The molecule has 0 radical (unpaired) electrons. The number of allylic oxidation sites excluding steroid dienone is 2. The molecule has 4 rings (SSSR count). The maximum atomic E-state index is 13.1. The number of hydrogen-bond acceptors (Lipinski definition) is 4. The van der Waals surface area contributed by atoms with Crippen molar-refractivity contribution in [2.24, 2.45) is 5.92 Å². The van der Waals surface area contributed by atoms with Crippen LogP contribution in [0.5, 0.6) is 0 Å². The number of rotatable bonds is 3. The molecule has 5 heteroatoms. The van der Waals surface area contributed by atoms with Crippen LogP contribution in [0.4, 0.5) is 0 Å². The van der Waals surface area contributed by atoms with Gasteiger partial charge in [0.2, 0.25) is 0 Å². The average molecular weight is 430 g/mol. The van der Waals surface area contributed by atoms with Crippen molar-refractivity contribution in [1.29, 1.82) is 0 Å². The summed E-state index contributed by atoms with van der Waals surface area (Å²) >= 11 is 3.46. The third-order valence-corrected chi connectivity index (χ3v) is 6.38. The number of halogens is 1. The van der Waals surface area contributed by atoms with E-state index >= 15 is 0 Å². The molecular formula is C22H24BrNO3. The van der Waals surface area contributed by atoms with Gasteiger partial charge in [0, 0.05) is 33.8 Å². The van der Waals surface area contributed by atoms with Crippen LogP contribution in [-0.4, -0.2) is 17.9 Å². The number of ether oxygens (including phenoxy) is 1. The maximum Gasteiger partial charge on any atom is 0.316 e. The Morgan fingerprint density at radius 3 is 2.52 bits per heavy atom. The first-order valence-electron chi connectivity index (χ1n) is 9.72. The zero-order valence-corrected chi connectivity index (χ0v) is 16.9. The van der Waals surface area contributed by atoms with Crippen LogP contribution in [0.3, 0.4) is 0 Å². The maximum absolute atomic E-state index is 13.1. The molecule has 0 spiro atoms. The standard InChI is InChI=1S/C22H24BrNO3/c1-13-19(22(26)27-16-5-2-3-6-16)20(14-9-11-15(23)12-10-14)21-17(24-13)7-4-8-18(21)25/h9-12,16,19-20,24H,1-8H2. The van der Waals surface area contributed by atoms with Crippen LogP contribution in [0.2, 0.25) is 0 Å². The minimum atomic E-state index is -0.576. The lowest BCUT2D eigenvalue weighted by molar-refractivity contribution is -0.153. The highest BCUT2D eigenvalue weighted by Crippen LogP contribution is 2.44. The van der Waals surface area contributed by atoms with E-state index in [4.69, 9.17) is 4.74 Å². The van der Waals surface area contributed by atoms with E-state index in [2.05, 4.69) is 27.8 Å².